The molecule has 2 amide bonds. The Bertz CT molecular complexity index is 1080. The smallest absolute Gasteiger partial charge is 0.222 e. The lowest BCUT2D eigenvalue weighted by Gasteiger charge is -2.30. The van der Waals surface area contributed by atoms with Crippen molar-refractivity contribution in [1.82, 2.24) is 15.2 Å². The maximum atomic E-state index is 13.0. The quantitative estimate of drug-likeness (QED) is 0.580. The number of amides is 2. The molecule has 0 spiro atoms. The molecule has 31 heavy (non-hydrogen) atoms. The zero-order valence-electron chi connectivity index (χ0n) is 17.9. The Labute approximate surface area is 186 Å². The predicted molar refractivity (Wildman–Crippen MR) is 122 cm³/mol. The van der Waals surface area contributed by atoms with Crippen molar-refractivity contribution in [3.63, 3.8) is 0 Å². The molecule has 2 aromatic heterocycles. The van der Waals surface area contributed by atoms with Gasteiger partial charge in [-0.25, -0.2) is 0 Å². The summed E-state index contributed by atoms with van der Waals surface area (Å²) in [4.78, 5) is 31.1. The first-order chi connectivity index (χ1) is 15.0. The summed E-state index contributed by atoms with van der Waals surface area (Å²) in [6, 6.07) is 9.87. The number of thiophene rings is 1. The Morgan fingerprint density at radius 3 is 2.90 bits per heavy atom. The summed E-state index contributed by atoms with van der Waals surface area (Å²) in [5.74, 6) is 0.868. The maximum Gasteiger partial charge on any atom is 0.222 e. The molecule has 0 unspecified atom stereocenters. The van der Waals surface area contributed by atoms with Crippen molar-refractivity contribution in [2.24, 2.45) is 0 Å². The van der Waals surface area contributed by atoms with Gasteiger partial charge in [0.1, 0.15) is 11.3 Å². The Morgan fingerprint density at radius 1 is 1.32 bits per heavy atom. The van der Waals surface area contributed by atoms with Gasteiger partial charge in [-0.1, -0.05) is 12.1 Å². The van der Waals surface area contributed by atoms with E-state index in [1.165, 1.54) is 5.56 Å². The maximum absolute atomic E-state index is 13.0. The Morgan fingerprint density at radius 2 is 2.19 bits per heavy atom. The van der Waals surface area contributed by atoms with Crippen LogP contribution in [0.5, 0.6) is 5.75 Å². The van der Waals surface area contributed by atoms with Crippen LogP contribution in [0.4, 0.5) is 0 Å². The number of nitrogens with zero attached hydrogens (tertiary/aromatic N) is 2. The third-order valence-electron chi connectivity index (χ3n) is 6.05. The summed E-state index contributed by atoms with van der Waals surface area (Å²) in [5, 5.41) is 8.31. The molecule has 1 atom stereocenters. The van der Waals surface area contributed by atoms with Gasteiger partial charge in [0.15, 0.2) is 0 Å². The van der Waals surface area contributed by atoms with Gasteiger partial charge in [-0.2, -0.15) is 11.3 Å². The fourth-order valence-corrected chi connectivity index (χ4v) is 5.02. The summed E-state index contributed by atoms with van der Waals surface area (Å²) >= 11 is 1.65. The predicted octanol–water partition coefficient (Wildman–Crippen LogP) is 3.94. The molecule has 1 aliphatic rings. The summed E-state index contributed by atoms with van der Waals surface area (Å²) in [6.07, 6.45) is 4.85. The van der Waals surface area contributed by atoms with Crippen LogP contribution < -0.4 is 10.1 Å². The van der Waals surface area contributed by atoms with Gasteiger partial charge < -0.3 is 15.0 Å². The van der Waals surface area contributed by atoms with Crippen LogP contribution in [0, 0.1) is 0 Å². The molecule has 1 aromatic carbocycles. The molecule has 0 aliphatic carbocycles. The number of ether oxygens (including phenoxy) is 1. The number of pyridine rings is 1. The highest BCUT2D eigenvalue weighted by Gasteiger charge is 2.38. The highest BCUT2D eigenvalue weighted by molar-refractivity contribution is 7.07. The third-order valence-corrected chi connectivity index (χ3v) is 6.78. The molecular weight excluding hydrogens is 410 g/mol. The number of methoxy groups -OCH3 is 1. The van der Waals surface area contributed by atoms with Gasteiger partial charge in [0.05, 0.1) is 7.11 Å². The summed E-state index contributed by atoms with van der Waals surface area (Å²) in [7, 11) is 3.46. The average Bonchev–Trinajstić information content (AvgIpc) is 3.42. The molecule has 1 aliphatic heterocycles. The molecule has 6 nitrogen and oxygen atoms in total. The first-order valence-electron chi connectivity index (χ1n) is 10.5. The monoisotopic (exact) mass is 437 g/mol. The molecule has 1 fully saturated rings. The van der Waals surface area contributed by atoms with E-state index < -0.39 is 0 Å². The lowest BCUT2D eigenvalue weighted by atomic mass is 9.85. The van der Waals surface area contributed by atoms with E-state index in [4.69, 9.17) is 4.74 Å². The number of hydrogen-bond donors (Lipinski definition) is 1. The summed E-state index contributed by atoms with van der Waals surface area (Å²) < 4.78 is 5.42. The lowest BCUT2D eigenvalue weighted by molar-refractivity contribution is -0.131. The van der Waals surface area contributed by atoms with E-state index in [0.717, 1.165) is 35.1 Å². The number of aromatic nitrogens is 1. The average molecular weight is 438 g/mol. The molecule has 162 valence electrons. The van der Waals surface area contributed by atoms with Crippen molar-refractivity contribution in [3.05, 3.63) is 58.4 Å². The second-order valence-corrected chi connectivity index (χ2v) is 8.99. The van der Waals surface area contributed by atoms with Crippen LogP contribution in [0.25, 0.3) is 10.9 Å². The fourth-order valence-electron chi connectivity index (χ4n) is 4.36. The first-order valence-corrected chi connectivity index (χ1v) is 11.4. The second kappa shape index (κ2) is 9.06. The van der Waals surface area contributed by atoms with E-state index in [2.05, 4.69) is 21.7 Å². The minimum Gasteiger partial charge on any atom is -0.494 e. The molecule has 1 N–H and O–H groups in total. The number of nitrogens with one attached hydrogen (secondary N) is 1. The van der Waals surface area contributed by atoms with Crippen molar-refractivity contribution in [1.29, 1.82) is 0 Å². The van der Waals surface area contributed by atoms with Gasteiger partial charge in [0.25, 0.3) is 0 Å². The first kappa shape index (κ1) is 21.3. The van der Waals surface area contributed by atoms with E-state index in [9.17, 15) is 9.59 Å². The standard InChI is InChI=1S/C24H27N3O3S/c1-27(15-18-5-6-20(30-2)23-19(18)4-3-12-25-23)22(29)8-11-24(10-7-21(28)26-24)14-17-9-13-31-16-17/h3-6,9,12-13,16H,7-8,10-11,14-15H2,1-2H3,(H,26,28)/t24-/m0/s1. The fraction of sp³-hybridized carbons (Fsp3) is 0.375. The van der Waals surface area contributed by atoms with Gasteiger partial charge in [0, 0.05) is 43.6 Å². The molecule has 0 radical (unpaired) electrons. The second-order valence-electron chi connectivity index (χ2n) is 8.21. The molecule has 0 saturated carbocycles. The van der Waals surface area contributed by atoms with Crippen molar-refractivity contribution >= 4 is 34.1 Å². The van der Waals surface area contributed by atoms with Gasteiger partial charge in [-0.15, -0.1) is 0 Å². The zero-order chi connectivity index (χ0) is 21.8. The Kier molecular flexibility index (Phi) is 6.23. The normalized spacial score (nSPS) is 18.2. The zero-order valence-corrected chi connectivity index (χ0v) is 18.7. The van der Waals surface area contributed by atoms with E-state index in [-0.39, 0.29) is 17.4 Å². The Balaban J connectivity index is 1.44. The minimum absolute atomic E-state index is 0.0682. The van der Waals surface area contributed by atoms with Gasteiger partial charge in [0.2, 0.25) is 11.8 Å². The molecule has 7 heteroatoms. The van der Waals surface area contributed by atoms with Crippen LogP contribution in [0.1, 0.15) is 36.8 Å². The number of rotatable bonds is 8. The van der Waals surface area contributed by atoms with Crippen molar-refractivity contribution in [2.45, 2.75) is 44.2 Å². The SMILES string of the molecule is COc1ccc(CN(C)C(=O)CC[C@]2(Cc3ccsc3)CCC(=O)N2)c2cccnc12. The molecule has 1 saturated heterocycles. The minimum atomic E-state index is -0.328. The number of fused-ring (bicyclic) bond motifs is 1. The van der Waals surface area contributed by atoms with E-state index in [1.807, 2.05) is 36.7 Å². The molecule has 4 rings (SSSR count). The van der Waals surface area contributed by atoms with Crippen LogP contribution in [-0.4, -0.2) is 41.4 Å². The number of carbonyl (C=O) groups is 2. The molecular formula is C24H27N3O3S. The van der Waals surface area contributed by atoms with Gasteiger partial charge in [-0.05, 0) is 59.3 Å². The third kappa shape index (κ3) is 4.71. The molecule has 3 heterocycles. The van der Waals surface area contributed by atoms with E-state index in [1.54, 1.807) is 29.5 Å². The molecule has 3 aromatic rings. The van der Waals surface area contributed by atoms with E-state index >= 15 is 0 Å². The Hall–Kier alpha value is -2.93. The summed E-state index contributed by atoms with van der Waals surface area (Å²) in [6.45, 7) is 0.495. The highest BCUT2D eigenvalue weighted by Crippen LogP contribution is 2.31. The van der Waals surface area contributed by atoms with Crippen molar-refractivity contribution in [2.75, 3.05) is 14.2 Å². The number of hydrogen-bond acceptors (Lipinski definition) is 5. The van der Waals surface area contributed by atoms with Crippen molar-refractivity contribution in [3.8, 4) is 5.75 Å². The molecule has 0 bridgehead atoms. The lowest BCUT2D eigenvalue weighted by Crippen LogP contribution is -2.44. The highest BCUT2D eigenvalue weighted by atomic mass is 32.1. The largest absolute Gasteiger partial charge is 0.494 e. The van der Waals surface area contributed by atoms with Crippen molar-refractivity contribution < 1.29 is 14.3 Å². The van der Waals surface area contributed by atoms with Gasteiger partial charge in [-0.3, -0.25) is 14.6 Å². The van der Waals surface area contributed by atoms with Crippen LogP contribution >= 0.6 is 11.3 Å². The van der Waals surface area contributed by atoms with E-state index in [0.29, 0.717) is 25.8 Å². The topological polar surface area (TPSA) is 71.5 Å². The van der Waals surface area contributed by atoms with Crippen LogP contribution in [-0.2, 0) is 22.6 Å². The number of benzene rings is 1. The van der Waals surface area contributed by atoms with Crippen LogP contribution in [0.2, 0.25) is 0 Å². The van der Waals surface area contributed by atoms with Crippen LogP contribution in [0.15, 0.2) is 47.3 Å². The van der Waals surface area contributed by atoms with Gasteiger partial charge >= 0.3 is 0 Å². The summed E-state index contributed by atoms with van der Waals surface area (Å²) in [5.41, 5.74) is 2.71. The van der Waals surface area contributed by atoms with Crippen LogP contribution in [0.3, 0.4) is 0 Å². The number of carbonyl (C=O) groups excluding carboxylic acids is 2.